The Balaban J connectivity index is 2.45. The van der Waals surface area contributed by atoms with Crippen LogP contribution >= 0.6 is 0 Å². The van der Waals surface area contributed by atoms with E-state index in [9.17, 15) is 0 Å². The van der Waals surface area contributed by atoms with Crippen LogP contribution in [0, 0.1) is 6.92 Å². The highest BCUT2D eigenvalue weighted by Crippen LogP contribution is 2.20. The highest BCUT2D eigenvalue weighted by molar-refractivity contribution is 5.86. The number of hydrogen-bond acceptors (Lipinski definition) is 4. The van der Waals surface area contributed by atoms with E-state index in [2.05, 4.69) is 34.2 Å². The molecule has 5 heteroatoms. The zero-order valence-corrected chi connectivity index (χ0v) is 10.7. The lowest BCUT2D eigenvalue weighted by Crippen LogP contribution is -2.06. The average molecular weight is 233 g/mol. The van der Waals surface area contributed by atoms with Gasteiger partial charge in [0.1, 0.15) is 11.6 Å². The Morgan fingerprint density at radius 3 is 2.76 bits per heavy atom. The standard InChI is InChI=1S/C12H19N5/c1-4-6-13-11-10-8-14-17(7-5-2)12(10)16-9(3)15-11/h8H,4-7H2,1-3H3,(H,13,15,16). The van der Waals surface area contributed by atoms with Crippen LogP contribution in [-0.2, 0) is 6.54 Å². The molecule has 0 unspecified atom stereocenters. The van der Waals surface area contributed by atoms with Gasteiger partial charge in [0.25, 0.3) is 0 Å². The van der Waals surface area contributed by atoms with E-state index in [4.69, 9.17) is 0 Å². The normalized spacial score (nSPS) is 11.0. The van der Waals surface area contributed by atoms with Gasteiger partial charge in [0.05, 0.1) is 11.6 Å². The molecule has 0 aromatic carbocycles. The van der Waals surface area contributed by atoms with Crippen LogP contribution in [0.5, 0.6) is 0 Å². The van der Waals surface area contributed by atoms with Crippen molar-refractivity contribution in [2.45, 2.75) is 40.2 Å². The van der Waals surface area contributed by atoms with Crippen molar-refractivity contribution in [3.63, 3.8) is 0 Å². The van der Waals surface area contributed by atoms with Gasteiger partial charge in [-0.15, -0.1) is 0 Å². The molecule has 1 N–H and O–H groups in total. The number of nitrogens with zero attached hydrogens (tertiary/aromatic N) is 4. The number of hydrogen-bond donors (Lipinski definition) is 1. The van der Waals surface area contributed by atoms with Crippen LogP contribution in [0.2, 0.25) is 0 Å². The molecule has 0 radical (unpaired) electrons. The second-order valence-corrected chi connectivity index (χ2v) is 4.15. The third kappa shape index (κ3) is 2.38. The number of rotatable bonds is 5. The number of anilines is 1. The Morgan fingerprint density at radius 1 is 1.24 bits per heavy atom. The topological polar surface area (TPSA) is 55.6 Å². The summed E-state index contributed by atoms with van der Waals surface area (Å²) in [7, 11) is 0. The summed E-state index contributed by atoms with van der Waals surface area (Å²) >= 11 is 0. The molecule has 0 fully saturated rings. The predicted octanol–water partition coefficient (Wildman–Crippen LogP) is 2.37. The largest absolute Gasteiger partial charge is 0.369 e. The molecule has 0 spiro atoms. The number of fused-ring (bicyclic) bond motifs is 1. The molecule has 17 heavy (non-hydrogen) atoms. The van der Waals surface area contributed by atoms with E-state index < -0.39 is 0 Å². The molecule has 2 aromatic rings. The third-order valence-corrected chi connectivity index (χ3v) is 2.59. The monoisotopic (exact) mass is 233 g/mol. The van der Waals surface area contributed by atoms with Gasteiger partial charge < -0.3 is 5.32 Å². The smallest absolute Gasteiger partial charge is 0.163 e. The van der Waals surface area contributed by atoms with Gasteiger partial charge in [-0.25, -0.2) is 14.6 Å². The lowest BCUT2D eigenvalue weighted by Gasteiger charge is -2.06. The van der Waals surface area contributed by atoms with Gasteiger partial charge in [-0.3, -0.25) is 0 Å². The lowest BCUT2D eigenvalue weighted by molar-refractivity contribution is 0.616. The predicted molar refractivity (Wildman–Crippen MR) is 69.1 cm³/mol. The molecule has 0 aliphatic heterocycles. The first-order valence-electron chi connectivity index (χ1n) is 6.20. The third-order valence-electron chi connectivity index (χ3n) is 2.59. The Bertz CT molecular complexity index is 503. The van der Waals surface area contributed by atoms with E-state index in [1.54, 1.807) is 0 Å². The summed E-state index contributed by atoms with van der Waals surface area (Å²) in [4.78, 5) is 8.91. The maximum Gasteiger partial charge on any atom is 0.163 e. The Morgan fingerprint density at radius 2 is 2.06 bits per heavy atom. The number of aryl methyl sites for hydroxylation is 2. The van der Waals surface area contributed by atoms with Crippen LogP contribution in [0.3, 0.4) is 0 Å². The molecule has 2 aromatic heterocycles. The van der Waals surface area contributed by atoms with E-state index in [0.717, 1.165) is 48.6 Å². The maximum atomic E-state index is 4.47. The molecule has 0 saturated heterocycles. The summed E-state index contributed by atoms with van der Waals surface area (Å²) in [6, 6.07) is 0. The molecule has 92 valence electrons. The first-order valence-corrected chi connectivity index (χ1v) is 6.20. The first-order chi connectivity index (χ1) is 8.26. The summed E-state index contributed by atoms with van der Waals surface area (Å²) in [5.41, 5.74) is 0.929. The van der Waals surface area contributed by atoms with Crippen LogP contribution in [0.25, 0.3) is 11.0 Å². The zero-order chi connectivity index (χ0) is 12.3. The minimum absolute atomic E-state index is 0.786. The summed E-state index contributed by atoms with van der Waals surface area (Å²) in [5, 5.41) is 8.71. The summed E-state index contributed by atoms with van der Waals surface area (Å²) in [6.07, 6.45) is 3.98. The van der Waals surface area contributed by atoms with Crippen LogP contribution in [-0.4, -0.2) is 26.3 Å². The van der Waals surface area contributed by atoms with Crippen molar-refractivity contribution in [2.75, 3.05) is 11.9 Å². The molecule has 0 bridgehead atoms. The molecule has 0 amide bonds. The molecule has 0 aliphatic rings. The van der Waals surface area contributed by atoms with Crippen LogP contribution in [0.4, 0.5) is 5.82 Å². The van der Waals surface area contributed by atoms with E-state index in [1.165, 1.54) is 0 Å². The van der Waals surface area contributed by atoms with Gasteiger partial charge in [0.15, 0.2) is 5.65 Å². The summed E-state index contributed by atoms with van der Waals surface area (Å²) in [6.45, 7) is 8.01. The quantitative estimate of drug-likeness (QED) is 0.861. The van der Waals surface area contributed by atoms with Crippen LogP contribution < -0.4 is 5.32 Å². The van der Waals surface area contributed by atoms with E-state index >= 15 is 0 Å². The fourth-order valence-corrected chi connectivity index (χ4v) is 1.82. The minimum atomic E-state index is 0.786. The van der Waals surface area contributed by atoms with Gasteiger partial charge in [0, 0.05) is 13.1 Å². The van der Waals surface area contributed by atoms with Crippen molar-refractivity contribution in [1.82, 2.24) is 19.7 Å². The van der Waals surface area contributed by atoms with E-state index in [0.29, 0.717) is 0 Å². The van der Waals surface area contributed by atoms with E-state index in [-0.39, 0.29) is 0 Å². The molecule has 0 aliphatic carbocycles. The van der Waals surface area contributed by atoms with Crippen LogP contribution in [0.1, 0.15) is 32.5 Å². The van der Waals surface area contributed by atoms with Gasteiger partial charge in [-0.05, 0) is 19.8 Å². The van der Waals surface area contributed by atoms with Crippen molar-refractivity contribution >= 4 is 16.9 Å². The first kappa shape index (κ1) is 11.8. The molecule has 2 rings (SSSR count). The van der Waals surface area contributed by atoms with Crippen molar-refractivity contribution in [2.24, 2.45) is 0 Å². The zero-order valence-electron chi connectivity index (χ0n) is 10.7. The number of aromatic nitrogens is 4. The highest BCUT2D eigenvalue weighted by atomic mass is 15.3. The second-order valence-electron chi connectivity index (χ2n) is 4.15. The van der Waals surface area contributed by atoms with Gasteiger partial charge in [-0.2, -0.15) is 5.10 Å². The Labute approximate surface area is 101 Å². The molecule has 5 nitrogen and oxygen atoms in total. The molecule has 0 saturated carbocycles. The van der Waals surface area contributed by atoms with Crippen molar-refractivity contribution in [3.8, 4) is 0 Å². The Kier molecular flexibility index (Phi) is 3.56. The Hall–Kier alpha value is -1.65. The average Bonchev–Trinajstić information content (AvgIpc) is 2.70. The summed E-state index contributed by atoms with van der Waals surface area (Å²) in [5.74, 6) is 1.69. The minimum Gasteiger partial charge on any atom is -0.369 e. The molecular weight excluding hydrogens is 214 g/mol. The number of nitrogens with one attached hydrogen (secondary N) is 1. The second kappa shape index (κ2) is 5.12. The van der Waals surface area contributed by atoms with Crippen molar-refractivity contribution in [3.05, 3.63) is 12.0 Å². The van der Waals surface area contributed by atoms with Crippen molar-refractivity contribution in [1.29, 1.82) is 0 Å². The van der Waals surface area contributed by atoms with Crippen LogP contribution in [0.15, 0.2) is 6.20 Å². The lowest BCUT2D eigenvalue weighted by atomic mass is 10.3. The van der Waals surface area contributed by atoms with Gasteiger partial charge in [0.2, 0.25) is 0 Å². The maximum absolute atomic E-state index is 4.47. The molecular formula is C12H19N5. The fraction of sp³-hybridized carbons (Fsp3) is 0.583. The van der Waals surface area contributed by atoms with Gasteiger partial charge in [-0.1, -0.05) is 13.8 Å². The highest BCUT2D eigenvalue weighted by Gasteiger charge is 2.10. The van der Waals surface area contributed by atoms with Crippen molar-refractivity contribution < 1.29 is 0 Å². The molecule has 0 atom stereocenters. The fourth-order valence-electron chi connectivity index (χ4n) is 1.82. The SMILES string of the molecule is CCCNc1nc(C)nc2c1cnn2CCC. The van der Waals surface area contributed by atoms with E-state index in [1.807, 2.05) is 17.8 Å². The van der Waals surface area contributed by atoms with Gasteiger partial charge >= 0.3 is 0 Å². The molecule has 2 heterocycles. The summed E-state index contributed by atoms with van der Waals surface area (Å²) < 4.78 is 1.95.